The summed E-state index contributed by atoms with van der Waals surface area (Å²) in [5.74, 6) is 2.62. The number of amides is 1. The number of carbonyl (C=O) groups is 1. The zero-order valence-electron chi connectivity index (χ0n) is 15.2. The normalized spacial score (nSPS) is 14.7. The summed E-state index contributed by atoms with van der Waals surface area (Å²) in [5, 5.41) is 2.78. The number of ether oxygens (including phenoxy) is 1. The number of carbonyl (C=O) groups excluding carboxylic acids is 1. The van der Waals surface area contributed by atoms with E-state index in [2.05, 4.69) is 10.2 Å². The largest absolute Gasteiger partial charge is 0.477 e. The Kier molecular flexibility index (Phi) is 7.36. The SMILES string of the molecule is O=C(COc1coc(CN2CCSCC2)cc1=O)NCCc1ccccc1. The highest BCUT2D eigenvalue weighted by Crippen LogP contribution is 2.13. The molecule has 2 heterocycles. The molecule has 0 spiro atoms. The molecule has 0 radical (unpaired) electrons. The second-order valence-electron chi connectivity index (χ2n) is 6.34. The Morgan fingerprint density at radius 1 is 1.22 bits per heavy atom. The Hall–Kier alpha value is -2.25. The topological polar surface area (TPSA) is 71.8 Å². The first-order valence-electron chi connectivity index (χ1n) is 9.06. The van der Waals surface area contributed by atoms with Gasteiger partial charge < -0.3 is 14.5 Å². The van der Waals surface area contributed by atoms with Gasteiger partial charge in [-0.05, 0) is 12.0 Å². The number of nitrogens with zero attached hydrogens (tertiary/aromatic N) is 1. The Morgan fingerprint density at radius 3 is 2.74 bits per heavy atom. The fourth-order valence-corrected chi connectivity index (χ4v) is 3.77. The number of thioether (sulfide) groups is 1. The zero-order chi connectivity index (χ0) is 18.9. The average molecular weight is 388 g/mol. The van der Waals surface area contributed by atoms with Crippen LogP contribution in [0.25, 0.3) is 0 Å². The van der Waals surface area contributed by atoms with Gasteiger partial charge in [0.2, 0.25) is 11.2 Å². The highest BCUT2D eigenvalue weighted by atomic mass is 32.2. The highest BCUT2D eigenvalue weighted by Gasteiger charge is 2.13. The van der Waals surface area contributed by atoms with Crippen LogP contribution in [0.15, 0.2) is 51.9 Å². The van der Waals surface area contributed by atoms with Gasteiger partial charge in [-0.25, -0.2) is 0 Å². The molecule has 144 valence electrons. The van der Waals surface area contributed by atoms with E-state index in [-0.39, 0.29) is 23.7 Å². The summed E-state index contributed by atoms with van der Waals surface area (Å²) in [6.07, 6.45) is 2.05. The smallest absolute Gasteiger partial charge is 0.257 e. The van der Waals surface area contributed by atoms with E-state index in [0.717, 1.165) is 36.6 Å². The lowest BCUT2D eigenvalue weighted by Gasteiger charge is -2.25. The molecule has 6 nitrogen and oxygen atoms in total. The lowest BCUT2D eigenvalue weighted by atomic mass is 10.1. The number of hydrogen-bond donors (Lipinski definition) is 1. The van der Waals surface area contributed by atoms with Gasteiger partial charge in [0.15, 0.2) is 6.61 Å². The van der Waals surface area contributed by atoms with Gasteiger partial charge in [-0.3, -0.25) is 14.5 Å². The van der Waals surface area contributed by atoms with Gasteiger partial charge in [-0.2, -0.15) is 11.8 Å². The van der Waals surface area contributed by atoms with Crippen molar-refractivity contribution in [3.05, 3.63) is 64.2 Å². The molecule has 1 aliphatic rings. The molecule has 0 atom stereocenters. The summed E-state index contributed by atoms with van der Waals surface area (Å²) in [6.45, 7) is 2.93. The molecule has 7 heteroatoms. The van der Waals surface area contributed by atoms with Gasteiger partial charge in [0.25, 0.3) is 5.91 Å². The Balaban J connectivity index is 1.42. The first-order chi connectivity index (χ1) is 13.2. The quantitative estimate of drug-likeness (QED) is 0.745. The van der Waals surface area contributed by atoms with E-state index >= 15 is 0 Å². The molecule has 1 N–H and O–H groups in total. The Bertz CT molecular complexity index is 788. The molecule has 27 heavy (non-hydrogen) atoms. The first kappa shape index (κ1) is 19.5. The molecule has 3 rings (SSSR count). The minimum atomic E-state index is -0.264. The summed E-state index contributed by atoms with van der Waals surface area (Å²) in [4.78, 5) is 26.3. The first-order valence-corrected chi connectivity index (χ1v) is 10.2. The van der Waals surface area contributed by atoms with Crippen molar-refractivity contribution in [2.45, 2.75) is 13.0 Å². The molecule has 0 aliphatic carbocycles. The van der Waals surface area contributed by atoms with Crippen LogP contribution < -0.4 is 15.5 Å². The van der Waals surface area contributed by atoms with E-state index in [1.54, 1.807) is 0 Å². The molecule has 2 aromatic rings. The van der Waals surface area contributed by atoms with E-state index in [4.69, 9.17) is 9.15 Å². The van der Waals surface area contributed by atoms with Crippen molar-refractivity contribution in [1.29, 1.82) is 0 Å². The zero-order valence-corrected chi connectivity index (χ0v) is 16.0. The minimum absolute atomic E-state index is 0.0613. The summed E-state index contributed by atoms with van der Waals surface area (Å²) < 4.78 is 10.8. The van der Waals surface area contributed by atoms with Crippen LogP contribution in [-0.2, 0) is 17.8 Å². The highest BCUT2D eigenvalue weighted by molar-refractivity contribution is 7.99. The molecule has 1 aliphatic heterocycles. The van der Waals surface area contributed by atoms with E-state index in [1.807, 2.05) is 42.1 Å². The van der Waals surface area contributed by atoms with Crippen molar-refractivity contribution in [3.63, 3.8) is 0 Å². The maximum absolute atomic E-state index is 12.2. The van der Waals surface area contributed by atoms with Crippen molar-refractivity contribution < 1.29 is 13.9 Å². The summed E-state index contributed by atoms with van der Waals surface area (Å²) in [7, 11) is 0. The van der Waals surface area contributed by atoms with Gasteiger partial charge >= 0.3 is 0 Å². The van der Waals surface area contributed by atoms with Gasteiger partial charge in [0.1, 0.15) is 12.0 Å². The van der Waals surface area contributed by atoms with Crippen LogP contribution in [0.4, 0.5) is 0 Å². The van der Waals surface area contributed by atoms with Gasteiger partial charge in [0, 0.05) is 37.2 Å². The fourth-order valence-electron chi connectivity index (χ4n) is 2.79. The van der Waals surface area contributed by atoms with Gasteiger partial charge in [-0.1, -0.05) is 30.3 Å². The number of benzene rings is 1. The summed E-state index contributed by atoms with van der Waals surface area (Å²) >= 11 is 1.94. The monoisotopic (exact) mass is 388 g/mol. The third-order valence-corrected chi connectivity index (χ3v) is 5.22. The Labute approximate surface area is 162 Å². The standard InChI is InChI=1S/C20H24N2O4S/c23-18-12-17(13-22-8-10-27-11-9-22)25-14-19(18)26-15-20(24)21-7-6-16-4-2-1-3-5-16/h1-5,12,14H,6-11,13,15H2,(H,21,24). The molecule has 1 amide bonds. The van der Waals surface area contributed by atoms with Crippen LogP contribution in [0.2, 0.25) is 0 Å². The maximum atomic E-state index is 12.2. The van der Waals surface area contributed by atoms with Crippen LogP contribution in [0.1, 0.15) is 11.3 Å². The summed E-state index contributed by atoms with van der Waals surface area (Å²) in [5.41, 5.74) is 0.891. The van der Waals surface area contributed by atoms with Crippen LogP contribution in [0, 0.1) is 0 Å². The second-order valence-corrected chi connectivity index (χ2v) is 7.56. The molecule has 0 saturated carbocycles. The van der Waals surface area contributed by atoms with Crippen LogP contribution in [0.3, 0.4) is 0 Å². The average Bonchev–Trinajstić information content (AvgIpc) is 2.69. The van der Waals surface area contributed by atoms with Gasteiger partial charge in [0.05, 0.1) is 6.54 Å². The number of rotatable bonds is 8. The van der Waals surface area contributed by atoms with Crippen LogP contribution >= 0.6 is 11.8 Å². The fraction of sp³-hybridized carbons (Fsp3) is 0.400. The summed E-state index contributed by atoms with van der Waals surface area (Å²) in [6, 6.07) is 11.4. The number of hydrogen-bond acceptors (Lipinski definition) is 6. The predicted molar refractivity (Wildman–Crippen MR) is 106 cm³/mol. The van der Waals surface area contributed by atoms with Crippen LogP contribution in [-0.4, -0.2) is 48.6 Å². The van der Waals surface area contributed by atoms with Crippen molar-refractivity contribution in [1.82, 2.24) is 10.2 Å². The molecule has 1 saturated heterocycles. The van der Waals surface area contributed by atoms with E-state index in [1.165, 1.54) is 12.3 Å². The molecule has 0 bridgehead atoms. The predicted octanol–water partition coefficient (Wildman–Crippen LogP) is 1.93. The van der Waals surface area contributed by atoms with E-state index in [9.17, 15) is 9.59 Å². The second kappa shape index (κ2) is 10.2. The molecule has 1 fully saturated rings. The third kappa shape index (κ3) is 6.45. The van der Waals surface area contributed by atoms with E-state index < -0.39 is 0 Å². The minimum Gasteiger partial charge on any atom is -0.477 e. The number of nitrogens with one attached hydrogen (secondary N) is 1. The lowest BCUT2D eigenvalue weighted by Crippen LogP contribution is -2.32. The maximum Gasteiger partial charge on any atom is 0.257 e. The third-order valence-electron chi connectivity index (χ3n) is 4.27. The molecule has 1 aromatic carbocycles. The molecular formula is C20H24N2O4S. The van der Waals surface area contributed by atoms with Crippen molar-refractivity contribution >= 4 is 17.7 Å². The van der Waals surface area contributed by atoms with Crippen molar-refractivity contribution in [3.8, 4) is 5.75 Å². The van der Waals surface area contributed by atoms with Crippen LogP contribution in [0.5, 0.6) is 5.75 Å². The molecule has 1 aromatic heterocycles. The Morgan fingerprint density at radius 2 is 2.00 bits per heavy atom. The molecular weight excluding hydrogens is 364 g/mol. The van der Waals surface area contributed by atoms with Gasteiger partial charge in [-0.15, -0.1) is 0 Å². The van der Waals surface area contributed by atoms with Crippen molar-refractivity contribution in [2.75, 3.05) is 37.7 Å². The van der Waals surface area contributed by atoms with E-state index in [0.29, 0.717) is 18.8 Å². The van der Waals surface area contributed by atoms with Crippen molar-refractivity contribution in [2.24, 2.45) is 0 Å². The molecule has 0 unspecified atom stereocenters. The lowest BCUT2D eigenvalue weighted by molar-refractivity contribution is -0.123.